The Labute approximate surface area is 119 Å². The summed E-state index contributed by atoms with van der Waals surface area (Å²) >= 11 is 3.48. The van der Waals surface area contributed by atoms with Crippen molar-refractivity contribution >= 4 is 32.8 Å². The number of nitrogens with one attached hydrogen (secondary N) is 1. The summed E-state index contributed by atoms with van der Waals surface area (Å²) in [6, 6.07) is 11.4. The zero-order valence-electron chi connectivity index (χ0n) is 10.3. The van der Waals surface area contributed by atoms with Gasteiger partial charge in [0, 0.05) is 17.3 Å². The second-order valence-electron chi connectivity index (χ2n) is 4.80. The van der Waals surface area contributed by atoms with Crippen molar-refractivity contribution in [3.63, 3.8) is 0 Å². The predicted molar refractivity (Wildman–Crippen MR) is 80.6 cm³/mol. The van der Waals surface area contributed by atoms with Crippen molar-refractivity contribution in [3.8, 4) is 9.88 Å². The lowest BCUT2D eigenvalue weighted by Crippen LogP contribution is -2.14. The molecule has 0 atom stereocenters. The number of aromatic nitrogens is 2. The van der Waals surface area contributed by atoms with Gasteiger partial charge in [0.25, 0.3) is 0 Å². The molecule has 0 radical (unpaired) electrons. The van der Waals surface area contributed by atoms with Gasteiger partial charge < -0.3 is 5.32 Å². The van der Waals surface area contributed by atoms with Crippen molar-refractivity contribution in [2.24, 2.45) is 0 Å². The summed E-state index contributed by atoms with van der Waals surface area (Å²) in [7, 11) is 0. The Morgan fingerprint density at radius 1 is 1.16 bits per heavy atom. The molecule has 1 N–H and O–H groups in total. The predicted octanol–water partition coefficient (Wildman–Crippen LogP) is 3.67. The van der Waals surface area contributed by atoms with Crippen molar-refractivity contribution in [1.29, 1.82) is 0 Å². The Balaban J connectivity index is 1.60. The summed E-state index contributed by atoms with van der Waals surface area (Å²) in [5, 5.41) is 15.5. The van der Waals surface area contributed by atoms with Crippen LogP contribution in [0.4, 0.5) is 0 Å². The van der Waals surface area contributed by atoms with Gasteiger partial charge in [-0.1, -0.05) is 29.5 Å². The Morgan fingerprint density at radius 3 is 2.89 bits per heavy atom. The molecule has 0 aliphatic heterocycles. The van der Waals surface area contributed by atoms with E-state index in [1.807, 2.05) is 0 Å². The summed E-state index contributed by atoms with van der Waals surface area (Å²) in [5.74, 6) is 0. The number of hydrogen-bond acceptors (Lipinski definition) is 5. The minimum Gasteiger partial charge on any atom is -0.308 e. The molecule has 1 saturated carbocycles. The molecule has 1 aliphatic carbocycles. The van der Waals surface area contributed by atoms with E-state index < -0.39 is 0 Å². The first-order chi connectivity index (χ1) is 9.38. The van der Waals surface area contributed by atoms with Gasteiger partial charge in [-0.2, -0.15) is 0 Å². The van der Waals surface area contributed by atoms with Crippen LogP contribution < -0.4 is 5.32 Å². The van der Waals surface area contributed by atoms with Gasteiger partial charge in [0.15, 0.2) is 5.01 Å². The van der Waals surface area contributed by atoms with Gasteiger partial charge in [-0.05, 0) is 30.4 Å². The van der Waals surface area contributed by atoms with Crippen molar-refractivity contribution in [2.75, 3.05) is 0 Å². The van der Waals surface area contributed by atoms with Crippen LogP contribution in [0, 0.1) is 0 Å². The van der Waals surface area contributed by atoms with Crippen molar-refractivity contribution < 1.29 is 0 Å². The molecule has 5 heteroatoms. The van der Waals surface area contributed by atoms with E-state index in [1.165, 1.54) is 27.8 Å². The van der Waals surface area contributed by atoms with Crippen LogP contribution in [0.2, 0.25) is 0 Å². The Bertz CT molecular complexity index is 679. The maximum absolute atomic E-state index is 4.32. The Morgan fingerprint density at radius 2 is 2.05 bits per heavy atom. The molecule has 3 nitrogen and oxygen atoms in total. The number of fused-ring (bicyclic) bond motifs is 1. The van der Waals surface area contributed by atoms with Crippen LogP contribution in [-0.4, -0.2) is 16.2 Å². The molecule has 0 amide bonds. The molecule has 96 valence electrons. The molecule has 0 saturated heterocycles. The highest BCUT2D eigenvalue weighted by atomic mass is 32.1. The normalized spacial score (nSPS) is 15.2. The van der Waals surface area contributed by atoms with Gasteiger partial charge >= 0.3 is 0 Å². The minimum atomic E-state index is 0.719. The summed E-state index contributed by atoms with van der Waals surface area (Å²) in [6.07, 6.45) is 2.62. The molecular weight excluding hydrogens is 274 g/mol. The highest BCUT2D eigenvalue weighted by Crippen LogP contribution is 2.34. The zero-order valence-corrected chi connectivity index (χ0v) is 11.9. The van der Waals surface area contributed by atoms with Gasteiger partial charge in [0.05, 0.1) is 4.88 Å². The first-order valence-corrected chi connectivity index (χ1v) is 8.06. The van der Waals surface area contributed by atoms with Crippen LogP contribution >= 0.6 is 22.7 Å². The lowest BCUT2D eigenvalue weighted by atomic mass is 10.2. The molecule has 1 fully saturated rings. The van der Waals surface area contributed by atoms with Crippen LogP contribution in [0.5, 0.6) is 0 Å². The third-order valence-corrected chi connectivity index (χ3v) is 5.43. The SMILES string of the molecule is c1ccc2sc(-c3nnc(CNC4CC4)s3)cc2c1. The van der Waals surface area contributed by atoms with Crippen molar-refractivity contribution in [2.45, 2.75) is 25.4 Å². The first kappa shape index (κ1) is 11.5. The fraction of sp³-hybridized carbons (Fsp3) is 0.286. The van der Waals surface area contributed by atoms with Gasteiger partial charge in [0.2, 0.25) is 0 Å². The lowest BCUT2D eigenvalue weighted by Gasteiger charge is -1.95. The topological polar surface area (TPSA) is 37.8 Å². The van der Waals surface area contributed by atoms with E-state index in [-0.39, 0.29) is 0 Å². The van der Waals surface area contributed by atoms with E-state index >= 15 is 0 Å². The molecule has 19 heavy (non-hydrogen) atoms. The first-order valence-electron chi connectivity index (χ1n) is 6.43. The molecule has 0 spiro atoms. The molecule has 2 aromatic heterocycles. The average Bonchev–Trinajstić information content (AvgIpc) is 2.99. The second-order valence-corrected chi connectivity index (χ2v) is 6.95. The molecule has 2 heterocycles. The maximum Gasteiger partial charge on any atom is 0.157 e. The fourth-order valence-corrected chi connectivity index (χ4v) is 3.92. The molecule has 4 rings (SSSR count). The molecule has 1 aliphatic rings. The van der Waals surface area contributed by atoms with Crippen LogP contribution in [0.3, 0.4) is 0 Å². The van der Waals surface area contributed by atoms with Gasteiger partial charge in [0.1, 0.15) is 5.01 Å². The van der Waals surface area contributed by atoms with E-state index in [4.69, 9.17) is 0 Å². The monoisotopic (exact) mass is 287 g/mol. The molecule has 0 bridgehead atoms. The molecule has 1 aromatic carbocycles. The minimum absolute atomic E-state index is 0.719. The molecular formula is C14H13N3S2. The largest absolute Gasteiger partial charge is 0.308 e. The fourth-order valence-electron chi connectivity index (χ4n) is 2.03. The zero-order chi connectivity index (χ0) is 12.7. The number of benzene rings is 1. The molecule has 3 aromatic rings. The van der Waals surface area contributed by atoms with E-state index in [0.29, 0.717) is 0 Å². The van der Waals surface area contributed by atoms with Crippen LogP contribution in [0.25, 0.3) is 20.0 Å². The highest BCUT2D eigenvalue weighted by molar-refractivity contribution is 7.25. The Kier molecular flexibility index (Phi) is 2.83. The lowest BCUT2D eigenvalue weighted by molar-refractivity contribution is 0.679. The van der Waals surface area contributed by atoms with Crippen molar-refractivity contribution in [3.05, 3.63) is 35.3 Å². The summed E-state index contributed by atoms with van der Waals surface area (Å²) in [4.78, 5) is 1.22. The summed E-state index contributed by atoms with van der Waals surface area (Å²) in [5.41, 5.74) is 0. The third kappa shape index (κ3) is 2.41. The highest BCUT2D eigenvalue weighted by Gasteiger charge is 2.20. The van der Waals surface area contributed by atoms with Crippen LogP contribution in [0.1, 0.15) is 17.8 Å². The Hall–Kier alpha value is -1.30. The quantitative estimate of drug-likeness (QED) is 0.795. The van der Waals surface area contributed by atoms with Gasteiger partial charge in [-0.3, -0.25) is 0 Å². The van der Waals surface area contributed by atoms with Crippen molar-refractivity contribution in [1.82, 2.24) is 15.5 Å². The van der Waals surface area contributed by atoms with E-state index in [2.05, 4.69) is 45.8 Å². The summed E-state index contributed by atoms with van der Waals surface area (Å²) in [6.45, 7) is 0.854. The van der Waals surface area contributed by atoms with Gasteiger partial charge in [-0.15, -0.1) is 21.5 Å². The number of nitrogens with zero attached hydrogens (tertiary/aromatic N) is 2. The van der Waals surface area contributed by atoms with Crippen LogP contribution in [-0.2, 0) is 6.54 Å². The van der Waals surface area contributed by atoms with Gasteiger partial charge in [-0.25, -0.2) is 0 Å². The smallest absolute Gasteiger partial charge is 0.157 e. The van der Waals surface area contributed by atoms with E-state index in [0.717, 1.165) is 22.6 Å². The second kappa shape index (κ2) is 4.67. The number of rotatable bonds is 4. The summed E-state index contributed by atoms with van der Waals surface area (Å²) < 4.78 is 1.31. The third-order valence-electron chi connectivity index (χ3n) is 3.22. The standard InChI is InChI=1S/C14H13N3S2/c1-2-4-11-9(3-1)7-12(18-11)14-17-16-13(19-14)8-15-10-5-6-10/h1-4,7,10,15H,5-6,8H2. The molecule has 0 unspecified atom stereocenters. The van der Waals surface area contributed by atoms with Crippen LogP contribution in [0.15, 0.2) is 30.3 Å². The van der Waals surface area contributed by atoms with E-state index in [1.54, 1.807) is 22.7 Å². The van der Waals surface area contributed by atoms with E-state index in [9.17, 15) is 0 Å². The maximum atomic E-state index is 4.32. The number of thiophene rings is 1. The average molecular weight is 287 g/mol. The number of hydrogen-bond donors (Lipinski definition) is 1.